The van der Waals surface area contributed by atoms with Crippen LogP contribution in [0.25, 0.3) is 0 Å². The van der Waals surface area contributed by atoms with Gasteiger partial charge in [0.15, 0.2) is 0 Å². The maximum absolute atomic E-state index is 12.3. The van der Waals surface area contributed by atoms with Crippen LogP contribution >= 0.6 is 15.9 Å². The highest BCUT2D eigenvalue weighted by Gasteiger charge is 2.21. The van der Waals surface area contributed by atoms with Crippen molar-refractivity contribution >= 4 is 21.8 Å². The van der Waals surface area contributed by atoms with Crippen LogP contribution in [0.4, 0.5) is 0 Å². The van der Waals surface area contributed by atoms with Crippen LogP contribution in [0.5, 0.6) is 0 Å². The van der Waals surface area contributed by atoms with Gasteiger partial charge in [-0.05, 0) is 48.2 Å². The van der Waals surface area contributed by atoms with E-state index in [1.165, 1.54) is 6.42 Å². The van der Waals surface area contributed by atoms with Crippen molar-refractivity contribution < 1.29 is 4.79 Å². The van der Waals surface area contributed by atoms with Crippen molar-refractivity contribution in [3.8, 4) is 0 Å². The lowest BCUT2D eigenvalue weighted by Gasteiger charge is -2.26. The number of hydrogen-bond donors (Lipinski definition) is 0. The van der Waals surface area contributed by atoms with Gasteiger partial charge >= 0.3 is 0 Å². The van der Waals surface area contributed by atoms with E-state index in [0.29, 0.717) is 6.54 Å². The third-order valence-corrected chi connectivity index (χ3v) is 3.70. The zero-order valence-electron chi connectivity index (χ0n) is 10.5. The number of carbonyl (C=O) groups excluding carboxylic acids is 1. The fraction of sp³-hybridized carbons (Fsp3) is 0.538. The van der Waals surface area contributed by atoms with E-state index in [9.17, 15) is 9.59 Å². The molecule has 0 atom stereocenters. The van der Waals surface area contributed by atoms with Crippen molar-refractivity contribution in [3.05, 3.63) is 32.7 Å². The molecule has 1 aliphatic rings. The van der Waals surface area contributed by atoms with Crippen LogP contribution < -0.4 is 5.56 Å². The van der Waals surface area contributed by atoms with Crippen LogP contribution in [0.2, 0.25) is 0 Å². The van der Waals surface area contributed by atoms with Gasteiger partial charge < -0.3 is 9.47 Å². The zero-order valence-corrected chi connectivity index (χ0v) is 12.1. The first-order valence-corrected chi connectivity index (χ1v) is 7.12. The van der Waals surface area contributed by atoms with Crippen LogP contribution in [0.3, 0.4) is 0 Å². The Kier molecular flexibility index (Phi) is 4.22. The number of carbonyl (C=O) groups is 1. The maximum atomic E-state index is 12.3. The minimum Gasteiger partial charge on any atom is -0.338 e. The topological polar surface area (TPSA) is 42.3 Å². The largest absolute Gasteiger partial charge is 0.338 e. The number of aromatic nitrogens is 1. The van der Waals surface area contributed by atoms with Crippen molar-refractivity contribution in [3.63, 3.8) is 0 Å². The molecule has 98 valence electrons. The summed E-state index contributed by atoms with van der Waals surface area (Å²) in [6.45, 7) is 3.98. The number of pyridine rings is 1. The Labute approximate surface area is 115 Å². The number of likely N-dealkylation sites (tertiary alicyclic amines) is 1. The smallest absolute Gasteiger partial charge is 0.263 e. The molecule has 1 aromatic heterocycles. The average Bonchev–Trinajstić information content (AvgIpc) is 2.41. The molecule has 0 aromatic carbocycles. The molecule has 1 aliphatic heterocycles. The van der Waals surface area contributed by atoms with Gasteiger partial charge in [-0.15, -0.1) is 0 Å². The van der Waals surface area contributed by atoms with E-state index < -0.39 is 0 Å². The van der Waals surface area contributed by atoms with Crippen LogP contribution in [0, 0.1) is 0 Å². The molecule has 0 spiro atoms. The highest BCUT2D eigenvalue weighted by Crippen LogP contribution is 2.14. The van der Waals surface area contributed by atoms with Crippen molar-refractivity contribution in [1.29, 1.82) is 0 Å². The second-order valence-electron chi connectivity index (χ2n) is 4.52. The van der Waals surface area contributed by atoms with E-state index >= 15 is 0 Å². The molecule has 18 heavy (non-hydrogen) atoms. The summed E-state index contributed by atoms with van der Waals surface area (Å²) in [6.07, 6.45) is 4.94. The molecule has 2 heterocycles. The molecule has 1 saturated heterocycles. The Morgan fingerprint density at radius 3 is 2.61 bits per heavy atom. The van der Waals surface area contributed by atoms with Gasteiger partial charge in [0.1, 0.15) is 5.56 Å². The normalized spacial score (nSPS) is 15.8. The summed E-state index contributed by atoms with van der Waals surface area (Å²) >= 11 is 3.35. The number of rotatable bonds is 2. The molecule has 2 rings (SSSR count). The quantitative estimate of drug-likeness (QED) is 0.840. The van der Waals surface area contributed by atoms with Crippen molar-refractivity contribution in [2.24, 2.45) is 0 Å². The molecule has 0 saturated carbocycles. The molecule has 0 bridgehead atoms. The minimum absolute atomic E-state index is 0.136. The second kappa shape index (κ2) is 5.69. The van der Waals surface area contributed by atoms with Gasteiger partial charge in [0, 0.05) is 30.3 Å². The lowest BCUT2D eigenvalue weighted by molar-refractivity contribution is 0.0721. The molecule has 0 N–H and O–H groups in total. The number of piperidine rings is 1. The third kappa shape index (κ3) is 2.66. The number of aryl methyl sites for hydroxylation is 1. The predicted octanol–water partition coefficient (Wildman–Crippen LogP) is 2.26. The first kappa shape index (κ1) is 13.3. The first-order valence-electron chi connectivity index (χ1n) is 6.32. The third-order valence-electron chi connectivity index (χ3n) is 3.27. The SMILES string of the molecule is CCn1cc(Br)cc(C(=O)N2CCCCC2)c1=O. The van der Waals surface area contributed by atoms with Gasteiger partial charge in [0.05, 0.1) is 0 Å². The lowest BCUT2D eigenvalue weighted by atomic mass is 10.1. The fourth-order valence-corrected chi connectivity index (χ4v) is 2.73. The lowest BCUT2D eigenvalue weighted by Crippen LogP contribution is -2.39. The van der Waals surface area contributed by atoms with Crippen LogP contribution in [0.1, 0.15) is 36.5 Å². The predicted molar refractivity (Wildman–Crippen MR) is 73.8 cm³/mol. The van der Waals surface area contributed by atoms with E-state index in [4.69, 9.17) is 0 Å². The number of nitrogens with zero attached hydrogens (tertiary/aromatic N) is 2. The van der Waals surface area contributed by atoms with Gasteiger partial charge in [-0.1, -0.05) is 0 Å². The number of halogens is 1. The molecular weight excluding hydrogens is 296 g/mol. The summed E-state index contributed by atoms with van der Waals surface area (Å²) in [4.78, 5) is 26.2. The summed E-state index contributed by atoms with van der Waals surface area (Å²) in [7, 11) is 0. The molecule has 1 amide bonds. The molecule has 5 heteroatoms. The summed E-state index contributed by atoms with van der Waals surface area (Å²) in [5.74, 6) is -0.136. The Morgan fingerprint density at radius 2 is 2.00 bits per heavy atom. The van der Waals surface area contributed by atoms with E-state index in [2.05, 4.69) is 15.9 Å². The molecule has 4 nitrogen and oxygen atoms in total. The summed E-state index contributed by atoms with van der Waals surface area (Å²) < 4.78 is 2.32. The van der Waals surface area contributed by atoms with E-state index in [-0.39, 0.29) is 17.0 Å². The molecule has 1 fully saturated rings. The highest BCUT2D eigenvalue weighted by atomic mass is 79.9. The Balaban J connectivity index is 2.35. The Morgan fingerprint density at radius 1 is 1.33 bits per heavy atom. The first-order chi connectivity index (χ1) is 8.63. The van der Waals surface area contributed by atoms with Gasteiger partial charge in [-0.3, -0.25) is 9.59 Å². The van der Waals surface area contributed by atoms with Crippen molar-refractivity contribution in [1.82, 2.24) is 9.47 Å². The zero-order chi connectivity index (χ0) is 13.1. The van der Waals surface area contributed by atoms with Crippen LogP contribution in [-0.2, 0) is 6.54 Å². The van der Waals surface area contributed by atoms with Gasteiger partial charge in [0.2, 0.25) is 0 Å². The summed E-state index contributed by atoms with van der Waals surface area (Å²) in [6, 6.07) is 1.63. The standard InChI is InChI=1S/C13H17BrN2O2/c1-2-15-9-10(14)8-11(12(15)17)13(18)16-6-4-3-5-7-16/h8-9H,2-7H2,1H3. The van der Waals surface area contributed by atoms with Gasteiger partial charge in [-0.25, -0.2) is 0 Å². The van der Waals surface area contributed by atoms with E-state index in [1.807, 2.05) is 6.92 Å². The van der Waals surface area contributed by atoms with Gasteiger partial charge in [0.25, 0.3) is 11.5 Å². The van der Waals surface area contributed by atoms with Crippen molar-refractivity contribution in [2.45, 2.75) is 32.7 Å². The minimum atomic E-state index is -0.198. The summed E-state index contributed by atoms with van der Waals surface area (Å²) in [5.41, 5.74) is 0.0735. The van der Waals surface area contributed by atoms with Gasteiger partial charge in [-0.2, -0.15) is 0 Å². The van der Waals surface area contributed by atoms with Crippen molar-refractivity contribution in [2.75, 3.05) is 13.1 Å². The fourth-order valence-electron chi connectivity index (χ4n) is 2.25. The van der Waals surface area contributed by atoms with E-state index in [0.717, 1.165) is 30.4 Å². The molecular formula is C13H17BrN2O2. The number of hydrogen-bond acceptors (Lipinski definition) is 2. The molecule has 1 aromatic rings. The monoisotopic (exact) mass is 312 g/mol. The molecule has 0 aliphatic carbocycles. The average molecular weight is 313 g/mol. The summed E-state index contributed by atoms with van der Waals surface area (Å²) in [5, 5.41) is 0. The Hall–Kier alpha value is -1.10. The Bertz CT molecular complexity index is 504. The van der Waals surface area contributed by atoms with E-state index in [1.54, 1.807) is 21.7 Å². The maximum Gasteiger partial charge on any atom is 0.263 e. The van der Waals surface area contributed by atoms with Crippen LogP contribution in [0.15, 0.2) is 21.5 Å². The number of amides is 1. The highest BCUT2D eigenvalue weighted by molar-refractivity contribution is 9.10. The second-order valence-corrected chi connectivity index (χ2v) is 5.43. The molecule has 0 radical (unpaired) electrons. The molecule has 0 unspecified atom stereocenters. The van der Waals surface area contributed by atoms with Crippen LogP contribution in [-0.4, -0.2) is 28.5 Å².